The van der Waals surface area contributed by atoms with Gasteiger partial charge < -0.3 is 9.64 Å². The van der Waals surface area contributed by atoms with Crippen molar-refractivity contribution in [3.63, 3.8) is 0 Å². The summed E-state index contributed by atoms with van der Waals surface area (Å²) in [5.74, 6) is -0.440. The Hall–Kier alpha value is -2.43. The lowest BCUT2D eigenvalue weighted by Crippen LogP contribution is -2.27. The van der Waals surface area contributed by atoms with Crippen LogP contribution in [0.1, 0.15) is 15.9 Å². The van der Waals surface area contributed by atoms with Gasteiger partial charge in [0.25, 0.3) is 5.91 Å². The molecule has 1 amide bonds. The molecule has 1 heterocycles. The predicted molar refractivity (Wildman–Crippen MR) is 73.0 cm³/mol. The molecule has 1 aromatic heterocycles. The Kier molecular flexibility index (Phi) is 4.30. The topological polar surface area (TPSA) is 42.4 Å². The van der Waals surface area contributed by atoms with Crippen LogP contribution in [0, 0.1) is 5.95 Å². The van der Waals surface area contributed by atoms with Crippen LogP contribution >= 0.6 is 0 Å². The second-order valence-electron chi connectivity index (χ2n) is 4.35. The maximum Gasteiger partial charge on any atom is 0.258 e. The lowest BCUT2D eigenvalue weighted by Gasteiger charge is -2.17. The minimum Gasteiger partial charge on any atom is -0.497 e. The fourth-order valence-corrected chi connectivity index (χ4v) is 1.87. The second-order valence-corrected chi connectivity index (χ2v) is 4.35. The number of carbonyl (C=O) groups is 1. The first-order valence-corrected chi connectivity index (χ1v) is 6.10. The van der Waals surface area contributed by atoms with Crippen molar-refractivity contribution in [3.05, 3.63) is 59.7 Å². The first kappa shape index (κ1) is 14.0. The molecular weight excluding hydrogens is 259 g/mol. The van der Waals surface area contributed by atoms with Crippen LogP contribution in [0.3, 0.4) is 0 Å². The van der Waals surface area contributed by atoms with Crippen molar-refractivity contribution in [1.29, 1.82) is 0 Å². The smallest absolute Gasteiger partial charge is 0.258 e. The maximum absolute atomic E-state index is 13.5. The number of halogens is 1. The van der Waals surface area contributed by atoms with E-state index in [2.05, 4.69) is 4.98 Å². The van der Waals surface area contributed by atoms with Gasteiger partial charge >= 0.3 is 0 Å². The molecule has 0 saturated heterocycles. The van der Waals surface area contributed by atoms with E-state index in [0.29, 0.717) is 6.54 Å². The molecule has 0 aliphatic rings. The standard InChI is InChI=1S/C15H15FN2O2/c1-18(10-11-5-3-6-12(9-11)20-2)15(19)13-7-4-8-17-14(13)16/h3-9H,10H2,1-2H3. The highest BCUT2D eigenvalue weighted by atomic mass is 19.1. The molecule has 0 bridgehead atoms. The van der Waals surface area contributed by atoms with E-state index in [1.54, 1.807) is 14.2 Å². The van der Waals surface area contributed by atoms with Gasteiger partial charge in [-0.2, -0.15) is 4.39 Å². The Bertz CT molecular complexity index is 616. The van der Waals surface area contributed by atoms with Gasteiger partial charge in [-0.15, -0.1) is 0 Å². The molecule has 0 aliphatic heterocycles. The molecule has 0 fully saturated rings. The third-order valence-electron chi connectivity index (χ3n) is 2.89. The maximum atomic E-state index is 13.5. The zero-order valence-corrected chi connectivity index (χ0v) is 11.3. The molecule has 1 aromatic carbocycles. The minimum absolute atomic E-state index is 0.0297. The van der Waals surface area contributed by atoms with E-state index in [1.807, 2.05) is 24.3 Å². The van der Waals surface area contributed by atoms with Gasteiger partial charge in [-0.25, -0.2) is 4.98 Å². The van der Waals surface area contributed by atoms with E-state index in [0.717, 1.165) is 11.3 Å². The first-order valence-electron chi connectivity index (χ1n) is 6.10. The molecule has 0 N–H and O–H groups in total. The summed E-state index contributed by atoms with van der Waals surface area (Å²) < 4.78 is 18.6. The van der Waals surface area contributed by atoms with E-state index in [1.165, 1.54) is 23.2 Å². The molecule has 5 heteroatoms. The summed E-state index contributed by atoms with van der Waals surface area (Å²) in [6.45, 7) is 0.365. The Balaban J connectivity index is 2.13. The number of hydrogen-bond donors (Lipinski definition) is 0. The Morgan fingerprint density at radius 2 is 2.15 bits per heavy atom. The third-order valence-corrected chi connectivity index (χ3v) is 2.89. The highest BCUT2D eigenvalue weighted by molar-refractivity contribution is 5.93. The second kappa shape index (κ2) is 6.14. The molecule has 20 heavy (non-hydrogen) atoms. The Morgan fingerprint density at radius 1 is 1.35 bits per heavy atom. The summed E-state index contributed by atoms with van der Waals surface area (Å²) in [5.41, 5.74) is 0.877. The van der Waals surface area contributed by atoms with Crippen molar-refractivity contribution in [2.45, 2.75) is 6.54 Å². The van der Waals surface area contributed by atoms with Crippen LogP contribution in [0.25, 0.3) is 0 Å². The van der Waals surface area contributed by atoms with Crippen molar-refractivity contribution in [2.75, 3.05) is 14.2 Å². The van der Waals surface area contributed by atoms with Crippen LogP contribution in [0.4, 0.5) is 4.39 Å². The highest BCUT2D eigenvalue weighted by Gasteiger charge is 2.16. The van der Waals surface area contributed by atoms with E-state index in [4.69, 9.17) is 4.74 Å². The number of nitrogens with zero attached hydrogens (tertiary/aromatic N) is 2. The Labute approximate surface area is 116 Å². The van der Waals surface area contributed by atoms with Crippen LogP contribution in [-0.2, 0) is 6.54 Å². The number of aromatic nitrogens is 1. The normalized spacial score (nSPS) is 10.2. The fourth-order valence-electron chi connectivity index (χ4n) is 1.87. The molecule has 0 saturated carbocycles. The summed E-state index contributed by atoms with van der Waals surface area (Å²) in [4.78, 5) is 17.1. The lowest BCUT2D eigenvalue weighted by molar-refractivity contribution is 0.0779. The number of amides is 1. The summed E-state index contributed by atoms with van der Waals surface area (Å²) in [5, 5.41) is 0. The third kappa shape index (κ3) is 3.12. The number of rotatable bonds is 4. The van der Waals surface area contributed by atoms with Gasteiger partial charge in [-0.1, -0.05) is 12.1 Å². The van der Waals surface area contributed by atoms with Crippen molar-refractivity contribution in [1.82, 2.24) is 9.88 Å². The molecule has 0 spiro atoms. The van der Waals surface area contributed by atoms with Gasteiger partial charge in [0.05, 0.1) is 12.7 Å². The van der Waals surface area contributed by atoms with Crippen LogP contribution in [0.5, 0.6) is 5.75 Å². The largest absolute Gasteiger partial charge is 0.497 e. The molecule has 104 valence electrons. The van der Waals surface area contributed by atoms with Crippen molar-refractivity contribution < 1.29 is 13.9 Å². The molecular formula is C15H15FN2O2. The molecule has 2 rings (SSSR count). The molecule has 0 radical (unpaired) electrons. The molecule has 0 atom stereocenters. The molecule has 4 nitrogen and oxygen atoms in total. The fraction of sp³-hybridized carbons (Fsp3) is 0.200. The number of carbonyl (C=O) groups excluding carboxylic acids is 1. The summed E-state index contributed by atoms with van der Waals surface area (Å²) in [6, 6.07) is 10.3. The number of benzene rings is 1. The number of pyridine rings is 1. The SMILES string of the molecule is COc1cccc(CN(C)C(=O)c2cccnc2F)c1. The number of ether oxygens (including phenoxy) is 1. The zero-order valence-electron chi connectivity index (χ0n) is 11.3. The van der Waals surface area contributed by atoms with E-state index in [9.17, 15) is 9.18 Å². The van der Waals surface area contributed by atoms with Crippen molar-refractivity contribution in [2.24, 2.45) is 0 Å². The van der Waals surface area contributed by atoms with Gasteiger partial charge in [-0.05, 0) is 29.8 Å². The van der Waals surface area contributed by atoms with Gasteiger partial charge in [0, 0.05) is 19.8 Å². The lowest BCUT2D eigenvalue weighted by atomic mass is 10.2. The van der Waals surface area contributed by atoms with Crippen LogP contribution in [0.2, 0.25) is 0 Å². The Morgan fingerprint density at radius 3 is 2.85 bits per heavy atom. The zero-order chi connectivity index (χ0) is 14.5. The van der Waals surface area contributed by atoms with E-state index >= 15 is 0 Å². The average molecular weight is 274 g/mol. The summed E-state index contributed by atoms with van der Waals surface area (Å²) >= 11 is 0. The van der Waals surface area contributed by atoms with Gasteiger partial charge in [-0.3, -0.25) is 4.79 Å². The molecule has 0 aliphatic carbocycles. The number of hydrogen-bond acceptors (Lipinski definition) is 3. The summed E-state index contributed by atoms with van der Waals surface area (Å²) in [7, 11) is 3.20. The quantitative estimate of drug-likeness (QED) is 0.804. The molecule has 2 aromatic rings. The van der Waals surface area contributed by atoms with Gasteiger partial charge in [0.15, 0.2) is 0 Å². The molecule has 0 unspecified atom stereocenters. The average Bonchev–Trinajstić information content (AvgIpc) is 2.47. The van der Waals surface area contributed by atoms with Crippen LogP contribution in [0.15, 0.2) is 42.6 Å². The van der Waals surface area contributed by atoms with Gasteiger partial charge in [0.2, 0.25) is 5.95 Å². The van der Waals surface area contributed by atoms with E-state index in [-0.39, 0.29) is 5.56 Å². The summed E-state index contributed by atoms with van der Waals surface area (Å²) in [6.07, 6.45) is 1.31. The van der Waals surface area contributed by atoms with Crippen molar-refractivity contribution >= 4 is 5.91 Å². The van der Waals surface area contributed by atoms with Crippen LogP contribution in [-0.4, -0.2) is 29.9 Å². The van der Waals surface area contributed by atoms with Gasteiger partial charge in [0.1, 0.15) is 5.75 Å². The minimum atomic E-state index is -0.755. The van der Waals surface area contributed by atoms with Crippen molar-refractivity contribution in [3.8, 4) is 5.75 Å². The monoisotopic (exact) mass is 274 g/mol. The predicted octanol–water partition coefficient (Wildman–Crippen LogP) is 2.50. The van der Waals surface area contributed by atoms with Crippen LogP contribution < -0.4 is 4.74 Å². The number of methoxy groups -OCH3 is 1. The highest BCUT2D eigenvalue weighted by Crippen LogP contribution is 2.15. The first-order chi connectivity index (χ1) is 9.61. The van der Waals surface area contributed by atoms with E-state index < -0.39 is 11.9 Å².